The van der Waals surface area contributed by atoms with E-state index in [4.69, 9.17) is 4.74 Å². The molecule has 0 saturated heterocycles. The molecule has 0 radical (unpaired) electrons. The van der Waals surface area contributed by atoms with Crippen molar-refractivity contribution < 1.29 is 9.53 Å². The number of rotatable bonds is 6. The van der Waals surface area contributed by atoms with Gasteiger partial charge in [0.25, 0.3) is 0 Å². The van der Waals surface area contributed by atoms with Gasteiger partial charge >= 0.3 is 6.09 Å². The number of aliphatic imine (C=N–C) groups is 1. The topological polar surface area (TPSA) is 74.8 Å². The molecule has 0 spiro atoms. The first-order valence-electron chi connectivity index (χ1n) is 8.85. The summed E-state index contributed by atoms with van der Waals surface area (Å²) in [6, 6.07) is 10.6. The minimum Gasteiger partial charge on any atom is -0.444 e. The number of hydrogen-bond donors (Lipinski definition) is 3. The number of alkyl carbamates (subject to hydrolysis) is 1. The Hall–Kier alpha value is -1.51. The van der Waals surface area contributed by atoms with Crippen LogP contribution in [0.3, 0.4) is 0 Å². The van der Waals surface area contributed by atoms with Crippen molar-refractivity contribution in [1.29, 1.82) is 0 Å². The van der Waals surface area contributed by atoms with Crippen LogP contribution in [-0.4, -0.2) is 44.3 Å². The second-order valence-electron chi connectivity index (χ2n) is 7.32. The number of ether oxygens (including phenoxy) is 1. The molecule has 1 saturated carbocycles. The molecule has 0 aliphatic heterocycles. The number of nitrogens with one attached hydrogen (secondary N) is 3. The highest BCUT2D eigenvalue weighted by Crippen LogP contribution is 2.46. The van der Waals surface area contributed by atoms with Gasteiger partial charge in [-0.1, -0.05) is 30.3 Å². The molecule has 2 rings (SSSR count). The smallest absolute Gasteiger partial charge is 0.407 e. The van der Waals surface area contributed by atoms with Gasteiger partial charge < -0.3 is 20.7 Å². The first-order chi connectivity index (χ1) is 11.9. The minimum atomic E-state index is -0.478. The number of guanidine groups is 1. The second-order valence-corrected chi connectivity index (χ2v) is 7.32. The zero-order chi connectivity index (χ0) is 18.3. The van der Waals surface area contributed by atoms with E-state index in [1.54, 1.807) is 7.05 Å². The average Bonchev–Trinajstić information content (AvgIpc) is 3.33. The highest BCUT2D eigenvalue weighted by molar-refractivity contribution is 14.0. The summed E-state index contributed by atoms with van der Waals surface area (Å²) < 4.78 is 5.19. The summed E-state index contributed by atoms with van der Waals surface area (Å²) in [7, 11) is 1.75. The van der Waals surface area contributed by atoms with Gasteiger partial charge in [-0.2, -0.15) is 0 Å². The maximum atomic E-state index is 11.6. The van der Waals surface area contributed by atoms with E-state index in [9.17, 15) is 4.79 Å². The molecule has 146 valence electrons. The van der Waals surface area contributed by atoms with Gasteiger partial charge in [-0.05, 0) is 44.6 Å². The molecule has 1 amide bonds. The third-order valence-corrected chi connectivity index (χ3v) is 3.99. The maximum absolute atomic E-state index is 11.6. The highest BCUT2D eigenvalue weighted by atomic mass is 127. The van der Waals surface area contributed by atoms with Gasteiger partial charge in [-0.25, -0.2) is 4.79 Å². The quantitative estimate of drug-likeness (QED) is 0.257. The summed E-state index contributed by atoms with van der Waals surface area (Å²) in [4.78, 5) is 15.8. The van der Waals surface area contributed by atoms with Crippen molar-refractivity contribution in [3.05, 3.63) is 35.9 Å². The summed E-state index contributed by atoms with van der Waals surface area (Å²) >= 11 is 0. The molecule has 1 aliphatic carbocycles. The predicted octanol–water partition coefficient (Wildman–Crippen LogP) is 3.10. The SMILES string of the molecule is CN=C(NCCNC(=O)OC(C)(C)C)NCC1CC1c1ccccc1.I. The standard InChI is InChI=1S/C19H30N4O2.HI/c1-19(2,3)25-18(24)22-11-10-21-17(20-4)23-13-15-12-16(15)14-8-6-5-7-9-14;/h5-9,15-16H,10-13H2,1-4H3,(H,22,24)(H2,20,21,23);1H. The fourth-order valence-corrected chi connectivity index (χ4v) is 2.69. The van der Waals surface area contributed by atoms with Crippen LogP contribution in [0.4, 0.5) is 4.79 Å². The van der Waals surface area contributed by atoms with E-state index < -0.39 is 11.7 Å². The number of benzene rings is 1. The van der Waals surface area contributed by atoms with Crippen molar-refractivity contribution in [3.63, 3.8) is 0 Å². The van der Waals surface area contributed by atoms with Crippen molar-refractivity contribution in [2.45, 2.75) is 38.7 Å². The van der Waals surface area contributed by atoms with E-state index in [2.05, 4.69) is 51.3 Å². The van der Waals surface area contributed by atoms with E-state index in [1.165, 1.54) is 12.0 Å². The van der Waals surface area contributed by atoms with Crippen LogP contribution in [0.2, 0.25) is 0 Å². The maximum Gasteiger partial charge on any atom is 0.407 e. The van der Waals surface area contributed by atoms with Crippen molar-refractivity contribution >= 4 is 36.0 Å². The molecule has 3 N–H and O–H groups in total. The lowest BCUT2D eigenvalue weighted by molar-refractivity contribution is 0.0529. The monoisotopic (exact) mass is 474 g/mol. The Morgan fingerprint density at radius 2 is 1.81 bits per heavy atom. The lowest BCUT2D eigenvalue weighted by Crippen LogP contribution is -2.43. The molecule has 1 aliphatic rings. The molecule has 7 heteroatoms. The van der Waals surface area contributed by atoms with Gasteiger partial charge in [0.1, 0.15) is 5.60 Å². The Bertz CT molecular complexity index is 587. The van der Waals surface area contributed by atoms with Crippen LogP contribution in [0.25, 0.3) is 0 Å². The van der Waals surface area contributed by atoms with E-state index in [-0.39, 0.29) is 24.0 Å². The van der Waals surface area contributed by atoms with Crippen molar-refractivity contribution in [2.75, 3.05) is 26.7 Å². The number of hydrogen-bond acceptors (Lipinski definition) is 3. The number of amides is 1. The van der Waals surface area contributed by atoms with Crippen LogP contribution in [0, 0.1) is 5.92 Å². The molecule has 26 heavy (non-hydrogen) atoms. The Morgan fingerprint density at radius 1 is 1.15 bits per heavy atom. The molecule has 1 aromatic carbocycles. The average molecular weight is 474 g/mol. The summed E-state index contributed by atoms with van der Waals surface area (Å²) in [5.74, 6) is 2.06. The normalized spacial score (nSPS) is 19.2. The molecule has 2 unspecified atom stereocenters. The van der Waals surface area contributed by atoms with E-state index in [0.717, 1.165) is 12.5 Å². The molecule has 1 fully saturated rings. The van der Waals surface area contributed by atoms with Crippen LogP contribution < -0.4 is 16.0 Å². The zero-order valence-electron chi connectivity index (χ0n) is 16.0. The number of carbonyl (C=O) groups is 1. The van der Waals surface area contributed by atoms with Crippen LogP contribution >= 0.6 is 24.0 Å². The minimum absolute atomic E-state index is 0. The molecule has 0 bridgehead atoms. The van der Waals surface area contributed by atoms with E-state index >= 15 is 0 Å². The number of halogens is 1. The summed E-state index contributed by atoms with van der Waals surface area (Å²) in [6.45, 7) is 7.50. The highest BCUT2D eigenvalue weighted by Gasteiger charge is 2.37. The van der Waals surface area contributed by atoms with Crippen LogP contribution in [-0.2, 0) is 4.74 Å². The van der Waals surface area contributed by atoms with Gasteiger partial charge in [0.2, 0.25) is 0 Å². The first kappa shape index (κ1) is 22.5. The zero-order valence-corrected chi connectivity index (χ0v) is 18.4. The lowest BCUT2D eigenvalue weighted by Gasteiger charge is -2.19. The Kier molecular flexibility index (Phi) is 9.18. The molecule has 2 atom stereocenters. The fourth-order valence-electron chi connectivity index (χ4n) is 2.69. The van der Waals surface area contributed by atoms with Gasteiger partial charge in [-0.15, -0.1) is 24.0 Å². The summed E-state index contributed by atoms with van der Waals surface area (Å²) in [5, 5.41) is 9.26. The Labute approximate surface area is 173 Å². The number of carbonyl (C=O) groups excluding carboxylic acids is 1. The van der Waals surface area contributed by atoms with Crippen LogP contribution in [0.5, 0.6) is 0 Å². The van der Waals surface area contributed by atoms with E-state index in [1.807, 2.05) is 20.8 Å². The first-order valence-corrected chi connectivity index (χ1v) is 8.85. The third kappa shape index (κ3) is 8.25. The van der Waals surface area contributed by atoms with E-state index in [0.29, 0.717) is 24.9 Å². The lowest BCUT2D eigenvalue weighted by atomic mass is 10.1. The molecule has 1 aromatic rings. The van der Waals surface area contributed by atoms with Crippen LogP contribution in [0.15, 0.2) is 35.3 Å². The van der Waals surface area contributed by atoms with Gasteiger partial charge in [0.15, 0.2) is 5.96 Å². The molecular weight excluding hydrogens is 443 g/mol. The Morgan fingerprint density at radius 3 is 2.42 bits per heavy atom. The summed E-state index contributed by atoms with van der Waals surface area (Å²) in [5.41, 5.74) is 0.938. The number of nitrogens with zero attached hydrogens (tertiary/aromatic N) is 1. The van der Waals surface area contributed by atoms with Gasteiger partial charge in [0.05, 0.1) is 0 Å². The largest absolute Gasteiger partial charge is 0.444 e. The second kappa shape index (κ2) is 10.6. The Balaban J connectivity index is 0.00000338. The molecular formula is C19H31IN4O2. The fraction of sp³-hybridized carbons (Fsp3) is 0.579. The third-order valence-electron chi connectivity index (χ3n) is 3.99. The van der Waals surface area contributed by atoms with Gasteiger partial charge in [0, 0.05) is 26.7 Å². The summed E-state index contributed by atoms with van der Waals surface area (Å²) in [6.07, 6.45) is 0.815. The van der Waals surface area contributed by atoms with Crippen molar-refractivity contribution in [2.24, 2.45) is 10.9 Å². The molecule has 0 aromatic heterocycles. The molecule has 0 heterocycles. The van der Waals surface area contributed by atoms with Crippen molar-refractivity contribution in [3.8, 4) is 0 Å². The predicted molar refractivity (Wildman–Crippen MR) is 116 cm³/mol. The van der Waals surface area contributed by atoms with Gasteiger partial charge in [-0.3, -0.25) is 4.99 Å². The van der Waals surface area contributed by atoms with Crippen molar-refractivity contribution in [1.82, 2.24) is 16.0 Å². The van der Waals surface area contributed by atoms with Crippen LogP contribution in [0.1, 0.15) is 38.7 Å². The molecule has 6 nitrogen and oxygen atoms in total.